The molecule has 0 spiro atoms. The van der Waals surface area contributed by atoms with E-state index in [0.717, 1.165) is 55.4 Å². The van der Waals surface area contributed by atoms with Gasteiger partial charge in [-0.3, -0.25) is 9.59 Å². The van der Waals surface area contributed by atoms with Crippen LogP contribution in [0.3, 0.4) is 0 Å². The van der Waals surface area contributed by atoms with Gasteiger partial charge in [-0.2, -0.15) is 0 Å². The van der Waals surface area contributed by atoms with Crippen LogP contribution < -0.4 is 10.1 Å². The molecule has 7 nitrogen and oxygen atoms in total. The van der Waals surface area contributed by atoms with Crippen molar-refractivity contribution in [2.24, 2.45) is 0 Å². The Balaban J connectivity index is 1.21. The lowest BCUT2D eigenvalue weighted by Crippen LogP contribution is -2.42. The molecule has 5 rings (SSSR count). The second-order valence-electron chi connectivity index (χ2n) is 11.2. The summed E-state index contributed by atoms with van der Waals surface area (Å²) in [7, 11) is 1.57. The average molecular weight is 567 g/mol. The molecule has 1 N–H and O–H groups in total. The summed E-state index contributed by atoms with van der Waals surface area (Å²) >= 11 is 0. The number of methoxy groups -OCH3 is 1. The number of aromatic nitrogens is 2. The average Bonchev–Trinajstić information content (AvgIpc) is 3.39. The zero-order valence-corrected chi connectivity index (χ0v) is 24.6. The molecule has 1 aliphatic rings. The fraction of sp³-hybridized carbons (Fsp3) is 0.400. The highest BCUT2D eigenvalue weighted by Crippen LogP contribution is 2.26. The minimum atomic E-state index is -0.120. The lowest BCUT2D eigenvalue weighted by Gasteiger charge is -2.35. The molecule has 7 heteroatoms. The summed E-state index contributed by atoms with van der Waals surface area (Å²) in [5.74, 6) is 1.57. The van der Waals surface area contributed by atoms with Crippen molar-refractivity contribution in [2.45, 2.75) is 76.9 Å². The lowest BCUT2D eigenvalue weighted by molar-refractivity contribution is -0.135. The van der Waals surface area contributed by atoms with E-state index in [1.807, 2.05) is 48.5 Å². The molecule has 0 aliphatic heterocycles. The second-order valence-corrected chi connectivity index (χ2v) is 11.2. The Labute approximate surface area is 248 Å². The summed E-state index contributed by atoms with van der Waals surface area (Å²) in [6.07, 6.45) is 9.29. The van der Waals surface area contributed by atoms with Crippen LogP contribution in [0.15, 0.2) is 78.9 Å². The summed E-state index contributed by atoms with van der Waals surface area (Å²) in [6.45, 7) is 1.54. The van der Waals surface area contributed by atoms with Crippen molar-refractivity contribution in [1.82, 2.24) is 19.8 Å². The van der Waals surface area contributed by atoms with Gasteiger partial charge in [-0.1, -0.05) is 80.3 Å². The molecule has 1 fully saturated rings. The van der Waals surface area contributed by atoms with Gasteiger partial charge in [0.15, 0.2) is 0 Å². The van der Waals surface area contributed by atoms with E-state index >= 15 is 0 Å². The number of ether oxygens (including phenoxy) is 1. The molecule has 4 aromatic rings. The summed E-state index contributed by atoms with van der Waals surface area (Å²) in [5.41, 5.74) is 3.66. The van der Waals surface area contributed by atoms with E-state index in [4.69, 9.17) is 9.72 Å². The van der Waals surface area contributed by atoms with Gasteiger partial charge in [-0.15, -0.1) is 0 Å². The number of hydrogen-bond donors (Lipinski definition) is 1. The minimum Gasteiger partial charge on any atom is -0.496 e. The Kier molecular flexibility index (Phi) is 10.3. The number of carbonyl (C=O) groups is 2. The Morgan fingerprint density at radius 2 is 1.64 bits per heavy atom. The molecule has 1 aliphatic carbocycles. The maximum Gasteiger partial charge on any atom is 0.255 e. The Morgan fingerprint density at radius 1 is 0.905 bits per heavy atom. The van der Waals surface area contributed by atoms with Crippen LogP contribution in [-0.2, 0) is 24.3 Å². The van der Waals surface area contributed by atoms with Gasteiger partial charge in [0.25, 0.3) is 5.91 Å². The molecule has 1 saturated carbocycles. The normalized spacial score (nSPS) is 13.6. The van der Waals surface area contributed by atoms with Crippen LogP contribution in [0.1, 0.15) is 73.1 Å². The number of hydrogen-bond acceptors (Lipinski definition) is 4. The summed E-state index contributed by atoms with van der Waals surface area (Å²) in [5, 5.41) is 3.00. The number of nitrogens with zero attached hydrogens (tertiary/aromatic N) is 3. The van der Waals surface area contributed by atoms with Gasteiger partial charge in [-0.05, 0) is 55.5 Å². The summed E-state index contributed by atoms with van der Waals surface area (Å²) < 4.78 is 7.43. The molecular formula is C35H42N4O3. The van der Waals surface area contributed by atoms with E-state index in [9.17, 15) is 9.59 Å². The number of rotatable bonds is 13. The molecule has 0 saturated heterocycles. The van der Waals surface area contributed by atoms with Gasteiger partial charge in [0.05, 0.1) is 23.7 Å². The van der Waals surface area contributed by atoms with E-state index < -0.39 is 0 Å². The van der Waals surface area contributed by atoms with Crippen LogP contribution in [0, 0.1) is 0 Å². The molecule has 220 valence electrons. The van der Waals surface area contributed by atoms with Crippen LogP contribution in [0.25, 0.3) is 11.0 Å². The first-order valence-electron chi connectivity index (χ1n) is 15.3. The number of amides is 2. The Hall–Kier alpha value is -4.13. The quantitative estimate of drug-likeness (QED) is 0.186. The molecule has 1 aromatic heterocycles. The predicted molar refractivity (Wildman–Crippen MR) is 166 cm³/mol. The van der Waals surface area contributed by atoms with Crippen LogP contribution in [-0.4, -0.2) is 46.0 Å². The van der Waals surface area contributed by atoms with Crippen molar-refractivity contribution >= 4 is 22.8 Å². The highest BCUT2D eigenvalue weighted by molar-refractivity contribution is 5.96. The van der Waals surface area contributed by atoms with Crippen LogP contribution in [0.5, 0.6) is 5.75 Å². The van der Waals surface area contributed by atoms with E-state index in [0.29, 0.717) is 30.9 Å². The molecule has 2 amide bonds. The van der Waals surface area contributed by atoms with Crippen molar-refractivity contribution in [1.29, 1.82) is 0 Å². The first-order chi connectivity index (χ1) is 20.6. The summed E-state index contributed by atoms with van der Waals surface area (Å²) in [4.78, 5) is 33.6. The highest BCUT2D eigenvalue weighted by atomic mass is 16.5. The summed E-state index contributed by atoms with van der Waals surface area (Å²) in [6, 6.07) is 26.0. The van der Waals surface area contributed by atoms with Gasteiger partial charge in [-0.25, -0.2) is 4.98 Å². The second kappa shape index (κ2) is 14.7. The predicted octanol–water partition coefficient (Wildman–Crippen LogP) is 6.55. The molecular weight excluding hydrogens is 524 g/mol. The van der Waals surface area contributed by atoms with Crippen LogP contribution in [0.2, 0.25) is 0 Å². The molecule has 0 bridgehead atoms. The largest absolute Gasteiger partial charge is 0.496 e. The van der Waals surface area contributed by atoms with Crippen LogP contribution >= 0.6 is 0 Å². The first kappa shape index (κ1) is 29.4. The lowest BCUT2D eigenvalue weighted by atomic mass is 9.93. The maximum atomic E-state index is 14.0. The zero-order chi connectivity index (χ0) is 29.1. The van der Waals surface area contributed by atoms with Crippen molar-refractivity contribution in [3.05, 3.63) is 95.8 Å². The monoisotopic (exact) mass is 566 g/mol. The number of carbonyl (C=O) groups excluding carboxylic acids is 2. The Bertz CT molecular complexity index is 1460. The SMILES string of the molecule is COc1ccccc1C(=O)NCCCCCc1nc2ccccc2n1CC(=O)N(Cc1ccccc1)C1CCCCC1. The standard InChI is InChI=1S/C35H42N4O3/c1-42-32-22-13-10-19-29(32)35(41)36-24-14-4-9-23-33-37-30-20-11-12-21-31(30)39(33)26-34(40)38(28-17-7-3-8-18-28)25-27-15-5-2-6-16-27/h2,5-6,10-13,15-16,19-22,28H,3-4,7-9,14,17-18,23-26H2,1H3,(H,36,41). The topological polar surface area (TPSA) is 76.5 Å². The van der Waals surface area contributed by atoms with Crippen molar-refractivity contribution in [3.63, 3.8) is 0 Å². The van der Waals surface area contributed by atoms with Crippen molar-refractivity contribution in [2.75, 3.05) is 13.7 Å². The number of imidazole rings is 1. The molecule has 3 aromatic carbocycles. The maximum absolute atomic E-state index is 14.0. The number of fused-ring (bicyclic) bond motifs is 1. The number of para-hydroxylation sites is 3. The van der Waals surface area contributed by atoms with Gasteiger partial charge in [0, 0.05) is 25.6 Å². The number of unbranched alkanes of at least 4 members (excludes halogenated alkanes) is 2. The van der Waals surface area contributed by atoms with Crippen molar-refractivity contribution in [3.8, 4) is 5.75 Å². The van der Waals surface area contributed by atoms with E-state index in [2.05, 4.69) is 33.0 Å². The molecule has 0 unspecified atom stereocenters. The van der Waals surface area contributed by atoms with E-state index in [1.165, 1.54) is 24.8 Å². The fourth-order valence-corrected chi connectivity index (χ4v) is 6.03. The zero-order valence-electron chi connectivity index (χ0n) is 24.6. The molecule has 0 radical (unpaired) electrons. The molecule has 42 heavy (non-hydrogen) atoms. The van der Waals surface area contributed by atoms with Crippen molar-refractivity contribution < 1.29 is 14.3 Å². The van der Waals surface area contributed by atoms with Gasteiger partial charge in [0.2, 0.25) is 5.91 Å². The number of nitrogens with one attached hydrogen (secondary N) is 1. The first-order valence-corrected chi connectivity index (χ1v) is 15.3. The smallest absolute Gasteiger partial charge is 0.255 e. The third kappa shape index (κ3) is 7.38. The van der Waals surface area contributed by atoms with Gasteiger partial charge < -0.3 is 19.5 Å². The van der Waals surface area contributed by atoms with Crippen LogP contribution in [0.4, 0.5) is 0 Å². The van der Waals surface area contributed by atoms with E-state index in [1.54, 1.807) is 19.2 Å². The third-order valence-electron chi connectivity index (χ3n) is 8.27. The molecule has 1 heterocycles. The fourth-order valence-electron chi connectivity index (χ4n) is 6.03. The minimum absolute atomic E-state index is 0.120. The van der Waals surface area contributed by atoms with Gasteiger partial charge >= 0.3 is 0 Å². The van der Waals surface area contributed by atoms with Gasteiger partial charge in [0.1, 0.15) is 18.1 Å². The Morgan fingerprint density at radius 3 is 2.45 bits per heavy atom. The third-order valence-corrected chi connectivity index (χ3v) is 8.27. The van der Waals surface area contributed by atoms with E-state index in [-0.39, 0.29) is 17.9 Å². The number of benzene rings is 3. The highest BCUT2D eigenvalue weighted by Gasteiger charge is 2.27. The number of aryl methyl sites for hydroxylation is 1. The molecule has 0 atom stereocenters.